The molecule has 5 nitrogen and oxygen atoms in total. The van der Waals surface area contributed by atoms with Crippen molar-refractivity contribution < 1.29 is 0 Å². The molecule has 1 aromatic heterocycles. The summed E-state index contributed by atoms with van der Waals surface area (Å²) in [4.78, 5) is 0. The Labute approximate surface area is 103 Å². The lowest BCUT2D eigenvalue weighted by atomic mass is 10.1. The highest BCUT2D eigenvalue weighted by Gasteiger charge is 2.25. The van der Waals surface area contributed by atoms with E-state index in [0.717, 1.165) is 11.3 Å². The Morgan fingerprint density at radius 3 is 2.76 bits per heavy atom. The van der Waals surface area contributed by atoms with Crippen molar-refractivity contribution in [2.75, 3.05) is 12.0 Å². The van der Waals surface area contributed by atoms with Gasteiger partial charge in [-0.25, -0.2) is 4.68 Å². The first kappa shape index (κ1) is 10.3. The average molecular weight is 245 g/mol. The molecule has 0 saturated carbocycles. The highest BCUT2D eigenvalue weighted by molar-refractivity contribution is 7.98. The maximum atomic E-state index is 6.06. The number of anilines is 1. The van der Waals surface area contributed by atoms with Gasteiger partial charge in [-0.15, -0.1) is 22.0 Å². The van der Waals surface area contributed by atoms with Gasteiger partial charge < -0.3 is 5.73 Å². The number of rotatable bonds is 2. The number of nitrogens with zero attached hydrogens (tertiary/aromatic N) is 4. The van der Waals surface area contributed by atoms with Crippen LogP contribution in [0.1, 0.15) is 5.50 Å². The van der Waals surface area contributed by atoms with Gasteiger partial charge in [-0.1, -0.05) is 30.3 Å². The van der Waals surface area contributed by atoms with Gasteiger partial charge in [0.2, 0.25) is 5.50 Å². The van der Waals surface area contributed by atoms with Crippen LogP contribution in [-0.2, 0) is 0 Å². The third-order valence-electron chi connectivity index (χ3n) is 2.64. The minimum atomic E-state index is -0.0928. The predicted molar refractivity (Wildman–Crippen MR) is 69.1 cm³/mol. The van der Waals surface area contributed by atoms with E-state index in [9.17, 15) is 0 Å². The molecule has 2 aromatic rings. The molecule has 0 aliphatic carbocycles. The first-order valence-electron chi connectivity index (χ1n) is 5.18. The van der Waals surface area contributed by atoms with E-state index in [1.807, 2.05) is 36.6 Å². The molecule has 1 unspecified atom stereocenters. The maximum absolute atomic E-state index is 6.06. The number of hydrogen-bond acceptors (Lipinski definition) is 5. The van der Waals surface area contributed by atoms with Gasteiger partial charge in [0, 0.05) is 5.56 Å². The molecule has 1 aromatic carbocycles. The SMILES string of the molecule is CSC1N=Nc2c(N)c(-c3ccccc3)nn21. The fourth-order valence-corrected chi connectivity index (χ4v) is 2.29. The van der Waals surface area contributed by atoms with Gasteiger partial charge in [0.15, 0.2) is 5.82 Å². The van der Waals surface area contributed by atoms with E-state index in [1.165, 1.54) is 0 Å². The number of benzene rings is 1. The van der Waals surface area contributed by atoms with Gasteiger partial charge in [0.25, 0.3) is 0 Å². The fraction of sp³-hybridized carbons (Fsp3) is 0.182. The summed E-state index contributed by atoms with van der Waals surface area (Å²) in [5.41, 5.74) is 8.34. The van der Waals surface area contributed by atoms with Gasteiger partial charge in [-0.05, 0) is 6.26 Å². The molecule has 2 heterocycles. The molecule has 17 heavy (non-hydrogen) atoms. The Bertz CT molecular complexity index is 575. The van der Waals surface area contributed by atoms with E-state index in [4.69, 9.17) is 5.73 Å². The van der Waals surface area contributed by atoms with E-state index in [-0.39, 0.29) is 5.50 Å². The van der Waals surface area contributed by atoms with E-state index >= 15 is 0 Å². The molecule has 0 radical (unpaired) electrons. The van der Waals surface area contributed by atoms with Crippen molar-refractivity contribution in [1.29, 1.82) is 0 Å². The molecule has 0 saturated heterocycles. The van der Waals surface area contributed by atoms with Crippen LogP contribution in [0.15, 0.2) is 40.6 Å². The summed E-state index contributed by atoms with van der Waals surface area (Å²) in [6, 6.07) is 9.87. The number of azo groups is 1. The van der Waals surface area contributed by atoms with Crippen LogP contribution in [0.5, 0.6) is 0 Å². The largest absolute Gasteiger partial charge is 0.394 e. The van der Waals surface area contributed by atoms with Crippen molar-refractivity contribution in [2.24, 2.45) is 10.2 Å². The second kappa shape index (κ2) is 3.89. The second-order valence-electron chi connectivity index (χ2n) is 3.67. The highest BCUT2D eigenvalue weighted by Crippen LogP contribution is 2.42. The average Bonchev–Trinajstić information content (AvgIpc) is 2.91. The Balaban J connectivity index is 2.13. The highest BCUT2D eigenvalue weighted by atomic mass is 32.2. The first-order valence-corrected chi connectivity index (χ1v) is 6.47. The van der Waals surface area contributed by atoms with Gasteiger partial charge in [0.05, 0.1) is 0 Å². The summed E-state index contributed by atoms with van der Waals surface area (Å²) in [6.07, 6.45) is 1.97. The van der Waals surface area contributed by atoms with Gasteiger partial charge in [0.1, 0.15) is 11.4 Å². The van der Waals surface area contributed by atoms with E-state index in [1.54, 1.807) is 16.4 Å². The Morgan fingerprint density at radius 1 is 1.29 bits per heavy atom. The Kier molecular flexibility index (Phi) is 2.36. The summed E-state index contributed by atoms with van der Waals surface area (Å²) in [7, 11) is 0. The summed E-state index contributed by atoms with van der Waals surface area (Å²) in [6.45, 7) is 0. The summed E-state index contributed by atoms with van der Waals surface area (Å²) < 4.78 is 1.77. The molecular weight excluding hydrogens is 234 g/mol. The number of thioether (sulfide) groups is 1. The van der Waals surface area contributed by atoms with Crippen molar-refractivity contribution in [1.82, 2.24) is 9.78 Å². The predicted octanol–water partition coefficient (Wildman–Crippen LogP) is 3.05. The van der Waals surface area contributed by atoms with Crippen LogP contribution in [0.4, 0.5) is 11.5 Å². The number of nitrogens with two attached hydrogens (primary N) is 1. The van der Waals surface area contributed by atoms with Gasteiger partial charge >= 0.3 is 0 Å². The molecule has 0 amide bonds. The quantitative estimate of drug-likeness (QED) is 0.884. The van der Waals surface area contributed by atoms with Crippen molar-refractivity contribution in [3.8, 4) is 11.3 Å². The van der Waals surface area contributed by atoms with E-state index in [0.29, 0.717) is 11.5 Å². The molecule has 3 rings (SSSR count). The Hall–Kier alpha value is -1.82. The fourth-order valence-electron chi connectivity index (χ4n) is 1.80. The van der Waals surface area contributed by atoms with Crippen LogP contribution in [0, 0.1) is 0 Å². The standard InChI is InChI=1S/C11H11N5S/c1-17-11-14-13-10-8(12)9(15-16(10)11)7-5-3-2-4-6-7/h2-6,11H,12H2,1H3. The summed E-state index contributed by atoms with van der Waals surface area (Å²) >= 11 is 1.58. The lowest BCUT2D eigenvalue weighted by Crippen LogP contribution is -1.99. The minimum absolute atomic E-state index is 0.0928. The number of nitrogen functional groups attached to an aromatic ring is 1. The molecule has 0 bridgehead atoms. The van der Waals surface area contributed by atoms with Crippen LogP contribution < -0.4 is 5.73 Å². The number of hydrogen-bond donors (Lipinski definition) is 1. The molecule has 1 aliphatic rings. The van der Waals surface area contributed by atoms with E-state index < -0.39 is 0 Å². The van der Waals surface area contributed by atoms with Crippen LogP contribution >= 0.6 is 11.8 Å². The van der Waals surface area contributed by atoms with E-state index in [2.05, 4.69) is 15.3 Å². The van der Waals surface area contributed by atoms with Gasteiger partial charge in [-0.2, -0.15) is 5.10 Å². The van der Waals surface area contributed by atoms with Crippen molar-refractivity contribution in [3.05, 3.63) is 30.3 Å². The molecule has 6 heteroatoms. The topological polar surface area (TPSA) is 68.6 Å². The van der Waals surface area contributed by atoms with Gasteiger partial charge in [-0.3, -0.25) is 0 Å². The molecule has 0 fully saturated rings. The third-order valence-corrected chi connectivity index (χ3v) is 3.35. The third kappa shape index (κ3) is 1.52. The second-order valence-corrected chi connectivity index (χ2v) is 4.57. The van der Waals surface area contributed by atoms with Crippen molar-refractivity contribution in [2.45, 2.75) is 5.50 Å². The molecule has 86 valence electrons. The summed E-state index contributed by atoms with van der Waals surface area (Å²) in [5.74, 6) is 0.656. The monoisotopic (exact) mass is 245 g/mol. The summed E-state index contributed by atoms with van der Waals surface area (Å²) in [5, 5.41) is 12.7. The zero-order valence-corrected chi connectivity index (χ0v) is 10.1. The molecule has 0 spiro atoms. The van der Waals surface area contributed by atoms with Crippen LogP contribution in [0.2, 0.25) is 0 Å². The lowest BCUT2D eigenvalue weighted by Gasteiger charge is -2.02. The number of fused-ring (bicyclic) bond motifs is 1. The maximum Gasteiger partial charge on any atom is 0.211 e. The Morgan fingerprint density at radius 2 is 2.06 bits per heavy atom. The van der Waals surface area contributed by atoms with Crippen LogP contribution in [-0.4, -0.2) is 16.0 Å². The van der Waals surface area contributed by atoms with Crippen LogP contribution in [0.25, 0.3) is 11.3 Å². The minimum Gasteiger partial charge on any atom is -0.394 e. The number of aromatic nitrogens is 2. The normalized spacial score (nSPS) is 17.4. The zero-order chi connectivity index (χ0) is 11.8. The van der Waals surface area contributed by atoms with Crippen molar-refractivity contribution >= 4 is 23.3 Å². The zero-order valence-electron chi connectivity index (χ0n) is 9.24. The molecule has 2 N–H and O–H groups in total. The smallest absolute Gasteiger partial charge is 0.211 e. The molecule has 1 aliphatic heterocycles. The van der Waals surface area contributed by atoms with Crippen molar-refractivity contribution in [3.63, 3.8) is 0 Å². The van der Waals surface area contributed by atoms with Crippen LogP contribution in [0.3, 0.4) is 0 Å². The molecular formula is C11H11N5S. The first-order chi connectivity index (χ1) is 8.31. The lowest BCUT2D eigenvalue weighted by molar-refractivity contribution is 0.660. The molecule has 1 atom stereocenters.